The van der Waals surface area contributed by atoms with Gasteiger partial charge in [0.15, 0.2) is 0 Å². The lowest BCUT2D eigenvalue weighted by Crippen LogP contribution is -2.37. The summed E-state index contributed by atoms with van der Waals surface area (Å²) in [5.41, 5.74) is 1.70. The van der Waals surface area contributed by atoms with Crippen molar-refractivity contribution < 1.29 is 4.74 Å². The van der Waals surface area contributed by atoms with E-state index in [1.807, 2.05) is 12.1 Å². The summed E-state index contributed by atoms with van der Waals surface area (Å²) in [4.78, 5) is 10.9. The summed E-state index contributed by atoms with van der Waals surface area (Å²) in [7, 11) is 0. The molecule has 0 saturated carbocycles. The molecule has 104 valence electrons. The number of aromatic nitrogens is 2. The standard InChI is InChI=1S/C14H13Cl2N3O/c15-12-3-1-2-11(13(12)16)10-8-17-14(18-9-10)19-4-6-20-7-5-19/h1-3,8-9H,4-7H2. The van der Waals surface area contributed by atoms with Gasteiger partial charge in [0.05, 0.1) is 23.3 Å². The fourth-order valence-corrected chi connectivity index (χ4v) is 2.52. The van der Waals surface area contributed by atoms with Gasteiger partial charge in [0.25, 0.3) is 0 Å². The molecule has 0 aliphatic carbocycles. The fraction of sp³-hybridized carbons (Fsp3) is 0.286. The van der Waals surface area contributed by atoms with E-state index in [2.05, 4.69) is 14.9 Å². The van der Waals surface area contributed by atoms with Crippen molar-refractivity contribution in [3.8, 4) is 11.1 Å². The lowest BCUT2D eigenvalue weighted by atomic mass is 10.1. The highest BCUT2D eigenvalue weighted by Crippen LogP contribution is 2.32. The van der Waals surface area contributed by atoms with Gasteiger partial charge >= 0.3 is 0 Å². The molecule has 0 N–H and O–H groups in total. The fourth-order valence-electron chi connectivity index (χ4n) is 2.11. The smallest absolute Gasteiger partial charge is 0.225 e. The van der Waals surface area contributed by atoms with Crippen LogP contribution in [0.25, 0.3) is 11.1 Å². The van der Waals surface area contributed by atoms with Crippen molar-refractivity contribution in [1.82, 2.24) is 9.97 Å². The zero-order valence-corrected chi connectivity index (χ0v) is 12.2. The van der Waals surface area contributed by atoms with E-state index in [-0.39, 0.29) is 0 Å². The summed E-state index contributed by atoms with van der Waals surface area (Å²) in [6.07, 6.45) is 3.55. The van der Waals surface area contributed by atoms with Crippen molar-refractivity contribution in [2.24, 2.45) is 0 Å². The lowest BCUT2D eigenvalue weighted by Gasteiger charge is -2.26. The first-order chi connectivity index (χ1) is 9.75. The molecule has 6 heteroatoms. The second-order valence-corrected chi connectivity index (χ2v) is 5.26. The maximum atomic E-state index is 6.20. The van der Waals surface area contributed by atoms with Crippen molar-refractivity contribution in [2.45, 2.75) is 0 Å². The van der Waals surface area contributed by atoms with Crippen LogP contribution in [0.15, 0.2) is 30.6 Å². The number of hydrogen-bond acceptors (Lipinski definition) is 4. The topological polar surface area (TPSA) is 38.2 Å². The first-order valence-corrected chi connectivity index (χ1v) is 7.10. The van der Waals surface area contributed by atoms with Crippen LogP contribution in [0, 0.1) is 0 Å². The summed E-state index contributed by atoms with van der Waals surface area (Å²) < 4.78 is 5.31. The van der Waals surface area contributed by atoms with Crippen LogP contribution in [-0.4, -0.2) is 36.3 Å². The minimum Gasteiger partial charge on any atom is -0.378 e. The van der Waals surface area contributed by atoms with E-state index < -0.39 is 0 Å². The van der Waals surface area contributed by atoms with Gasteiger partial charge in [0.2, 0.25) is 5.95 Å². The number of anilines is 1. The third kappa shape index (κ3) is 2.73. The molecule has 0 radical (unpaired) electrons. The molecule has 1 aliphatic heterocycles. The van der Waals surface area contributed by atoms with Crippen LogP contribution in [0.4, 0.5) is 5.95 Å². The number of benzene rings is 1. The Balaban J connectivity index is 1.87. The molecular weight excluding hydrogens is 297 g/mol. The van der Waals surface area contributed by atoms with Crippen LogP contribution in [0.5, 0.6) is 0 Å². The summed E-state index contributed by atoms with van der Waals surface area (Å²) in [6, 6.07) is 5.52. The zero-order chi connectivity index (χ0) is 13.9. The molecule has 0 spiro atoms. The highest BCUT2D eigenvalue weighted by molar-refractivity contribution is 6.43. The van der Waals surface area contributed by atoms with Crippen LogP contribution in [0.2, 0.25) is 10.0 Å². The summed E-state index contributed by atoms with van der Waals surface area (Å²) >= 11 is 12.2. The number of morpholine rings is 1. The molecule has 1 aliphatic rings. The minimum atomic E-state index is 0.525. The molecule has 2 aromatic rings. The van der Waals surface area contributed by atoms with Crippen molar-refractivity contribution >= 4 is 29.2 Å². The molecular formula is C14H13Cl2N3O. The first-order valence-electron chi connectivity index (χ1n) is 6.35. The van der Waals surface area contributed by atoms with Gasteiger partial charge in [-0.2, -0.15) is 0 Å². The van der Waals surface area contributed by atoms with Crippen molar-refractivity contribution in [1.29, 1.82) is 0 Å². The summed E-state index contributed by atoms with van der Waals surface area (Å²) in [5.74, 6) is 0.718. The molecule has 1 saturated heterocycles. The molecule has 0 atom stereocenters. The number of rotatable bonds is 2. The van der Waals surface area contributed by atoms with Crippen LogP contribution in [0.1, 0.15) is 0 Å². The Bertz CT molecular complexity index is 598. The highest BCUT2D eigenvalue weighted by atomic mass is 35.5. The Labute approximate surface area is 127 Å². The predicted octanol–water partition coefficient (Wildman–Crippen LogP) is 3.29. The Morgan fingerprint density at radius 3 is 2.45 bits per heavy atom. The molecule has 0 amide bonds. The predicted molar refractivity (Wildman–Crippen MR) is 80.5 cm³/mol. The SMILES string of the molecule is Clc1cccc(-c2cnc(N3CCOCC3)nc2)c1Cl. The van der Waals surface area contributed by atoms with Gasteiger partial charge in [-0.05, 0) is 6.07 Å². The molecule has 20 heavy (non-hydrogen) atoms. The highest BCUT2D eigenvalue weighted by Gasteiger charge is 2.14. The van der Waals surface area contributed by atoms with E-state index in [1.165, 1.54) is 0 Å². The Kier molecular flexibility index (Phi) is 4.05. The second-order valence-electron chi connectivity index (χ2n) is 4.47. The summed E-state index contributed by atoms with van der Waals surface area (Å²) in [5, 5.41) is 1.05. The van der Waals surface area contributed by atoms with Crippen molar-refractivity contribution in [3.63, 3.8) is 0 Å². The van der Waals surface area contributed by atoms with E-state index in [9.17, 15) is 0 Å². The maximum absolute atomic E-state index is 6.20. The minimum absolute atomic E-state index is 0.525. The van der Waals surface area contributed by atoms with Gasteiger partial charge in [-0.1, -0.05) is 35.3 Å². The zero-order valence-electron chi connectivity index (χ0n) is 10.7. The van der Waals surface area contributed by atoms with Crippen molar-refractivity contribution in [3.05, 3.63) is 40.6 Å². The van der Waals surface area contributed by atoms with Gasteiger partial charge in [0, 0.05) is 36.6 Å². The van der Waals surface area contributed by atoms with E-state index >= 15 is 0 Å². The first kappa shape index (κ1) is 13.6. The quantitative estimate of drug-likeness (QED) is 0.853. The average Bonchev–Trinajstić information content (AvgIpc) is 2.51. The normalized spacial score (nSPS) is 15.4. The monoisotopic (exact) mass is 309 g/mol. The molecule has 0 unspecified atom stereocenters. The third-order valence-corrected chi connectivity index (χ3v) is 4.01. The Morgan fingerprint density at radius 2 is 1.75 bits per heavy atom. The number of ether oxygens (including phenoxy) is 1. The van der Waals surface area contributed by atoms with Gasteiger partial charge in [-0.3, -0.25) is 0 Å². The number of nitrogens with zero attached hydrogens (tertiary/aromatic N) is 3. The van der Waals surface area contributed by atoms with E-state index in [0.717, 1.165) is 30.2 Å². The molecule has 0 bridgehead atoms. The van der Waals surface area contributed by atoms with E-state index in [4.69, 9.17) is 27.9 Å². The van der Waals surface area contributed by atoms with E-state index in [0.29, 0.717) is 23.3 Å². The van der Waals surface area contributed by atoms with Gasteiger partial charge in [0.1, 0.15) is 0 Å². The summed E-state index contributed by atoms with van der Waals surface area (Å²) in [6.45, 7) is 3.06. The second kappa shape index (κ2) is 5.95. The molecule has 1 fully saturated rings. The Hall–Kier alpha value is -1.36. The van der Waals surface area contributed by atoms with Crippen LogP contribution < -0.4 is 4.90 Å². The third-order valence-electron chi connectivity index (χ3n) is 3.19. The Morgan fingerprint density at radius 1 is 1.05 bits per heavy atom. The van der Waals surface area contributed by atoms with Gasteiger partial charge < -0.3 is 9.64 Å². The molecule has 1 aromatic carbocycles. The molecule has 4 nitrogen and oxygen atoms in total. The van der Waals surface area contributed by atoms with Gasteiger partial charge in [-0.25, -0.2) is 9.97 Å². The average molecular weight is 310 g/mol. The molecule has 1 aromatic heterocycles. The van der Waals surface area contributed by atoms with Crippen LogP contribution in [0.3, 0.4) is 0 Å². The maximum Gasteiger partial charge on any atom is 0.225 e. The lowest BCUT2D eigenvalue weighted by molar-refractivity contribution is 0.122. The number of hydrogen-bond donors (Lipinski definition) is 0. The van der Waals surface area contributed by atoms with Crippen LogP contribution >= 0.6 is 23.2 Å². The molecule has 3 rings (SSSR count). The number of halogens is 2. The molecule has 2 heterocycles. The van der Waals surface area contributed by atoms with Gasteiger partial charge in [-0.15, -0.1) is 0 Å². The van der Waals surface area contributed by atoms with Crippen LogP contribution in [-0.2, 0) is 4.74 Å². The van der Waals surface area contributed by atoms with Crippen molar-refractivity contribution in [2.75, 3.05) is 31.2 Å². The van der Waals surface area contributed by atoms with E-state index in [1.54, 1.807) is 18.5 Å². The largest absolute Gasteiger partial charge is 0.378 e.